The molecule has 1 aliphatic rings. The van der Waals surface area contributed by atoms with Gasteiger partial charge in [0.05, 0.1) is 0 Å². The van der Waals surface area contributed by atoms with E-state index in [1.54, 1.807) is 0 Å². The van der Waals surface area contributed by atoms with Crippen LogP contribution < -0.4 is 0 Å². The first-order chi connectivity index (χ1) is 16.1. The molecule has 186 valence electrons. The van der Waals surface area contributed by atoms with Crippen LogP contribution >= 0.6 is 0 Å². The Hall–Kier alpha value is -2.34. The molecular formula is C35H46. The lowest BCUT2D eigenvalue weighted by atomic mass is 9.66. The Balaban J connectivity index is 1.70. The Labute approximate surface area is 215 Å². The van der Waals surface area contributed by atoms with Crippen molar-refractivity contribution < 1.29 is 0 Å². The van der Waals surface area contributed by atoms with Crippen LogP contribution in [0.4, 0.5) is 0 Å². The number of rotatable bonds is 4. The van der Waals surface area contributed by atoms with Crippen molar-refractivity contribution in [3.63, 3.8) is 0 Å². The fourth-order valence-corrected chi connectivity index (χ4v) is 6.71. The first kappa shape index (κ1) is 25.7. The zero-order chi connectivity index (χ0) is 25.9. The average molecular weight is 467 g/mol. The maximum atomic E-state index is 2.51. The highest BCUT2D eigenvalue weighted by Crippen LogP contribution is 2.56. The molecule has 0 heteroatoms. The summed E-state index contributed by atoms with van der Waals surface area (Å²) in [4.78, 5) is 0. The molecule has 0 heterocycles. The Morgan fingerprint density at radius 1 is 0.571 bits per heavy atom. The van der Waals surface area contributed by atoms with E-state index < -0.39 is 0 Å². The number of benzene rings is 3. The lowest BCUT2D eigenvalue weighted by molar-refractivity contribution is 0.296. The molecule has 0 aliphatic heterocycles. The molecule has 0 saturated heterocycles. The van der Waals surface area contributed by atoms with Crippen LogP contribution in [-0.2, 0) is 27.1 Å². The molecule has 1 aliphatic carbocycles. The molecule has 0 fully saturated rings. The molecular weight excluding hydrogens is 420 g/mol. The molecule has 0 spiro atoms. The summed E-state index contributed by atoms with van der Waals surface area (Å²) in [5.74, 6) is 0. The molecule has 2 unspecified atom stereocenters. The van der Waals surface area contributed by atoms with Crippen LogP contribution in [0.25, 0.3) is 0 Å². The van der Waals surface area contributed by atoms with E-state index in [2.05, 4.69) is 142 Å². The minimum Gasteiger partial charge on any atom is -0.0620 e. The molecule has 3 aromatic rings. The highest BCUT2D eigenvalue weighted by atomic mass is 14.5. The molecule has 0 saturated carbocycles. The van der Waals surface area contributed by atoms with Gasteiger partial charge in [0.2, 0.25) is 0 Å². The Morgan fingerprint density at radius 3 is 1.49 bits per heavy atom. The van der Waals surface area contributed by atoms with E-state index >= 15 is 0 Å². The van der Waals surface area contributed by atoms with Gasteiger partial charge in [-0.05, 0) is 67.9 Å². The van der Waals surface area contributed by atoms with E-state index in [-0.39, 0.29) is 27.1 Å². The fraction of sp³-hybridized carbons (Fsp3) is 0.486. The Kier molecular flexibility index (Phi) is 6.15. The minimum absolute atomic E-state index is 0.0218. The first-order valence-corrected chi connectivity index (χ1v) is 13.4. The largest absolute Gasteiger partial charge is 0.0620 e. The topological polar surface area (TPSA) is 0 Å². The Morgan fingerprint density at radius 2 is 1.00 bits per heavy atom. The second-order valence-electron chi connectivity index (χ2n) is 14.3. The molecule has 3 aromatic carbocycles. The average Bonchev–Trinajstić information content (AvgIpc) is 3.00. The lowest BCUT2D eigenvalue weighted by Gasteiger charge is -2.38. The summed E-state index contributed by atoms with van der Waals surface area (Å²) < 4.78 is 0. The van der Waals surface area contributed by atoms with E-state index in [0.717, 1.165) is 12.8 Å². The van der Waals surface area contributed by atoms with Gasteiger partial charge < -0.3 is 0 Å². The summed E-state index contributed by atoms with van der Waals surface area (Å²) in [5, 5.41) is 0. The van der Waals surface area contributed by atoms with Crippen molar-refractivity contribution >= 4 is 0 Å². The van der Waals surface area contributed by atoms with Gasteiger partial charge in [0.15, 0.2) is 0 Å². The predicted octanol–water partition coefficient (Wildman–Crippen LogP) is 9.62. The zero-order valence-electron chi connectivity index (χ0n) is 23.8. The van der Waals surface area contributed by atoms with Crippen molar-refractivity contribution in [2.24, 2.45) is 0 Å². The molecule has 35 heavy (non-hydrogen) atoms. The summed E-state index contributed by atoms with van der Waals surface area (Å²) in [6, 6.07) is 28.1. The normalized spacial score (nSPS) is 22.8. The van der Waals surface area contributed by atoms with Crippen LogP contribution in [0.2, 0.25) is 0 Å². The second kappa shape index (κ2) is 8.36. The van der Waals surface area contributed by atoms with Crippen LogP contribution in [-0.4, -0.2) is 0 Å². The fourth-order valence-electron chi connectivity index (χ4n) is 6.71. The molecule has 0 radical (unpaired) electrons. The SMILES string of the molecule is CC(C)(C)c1ccc(C(C)(C)CC2(C)CC(C)(c3ccc(C(C)(C)C)cc3)c3ccccc32)cc1. The smallest absolute Gasteiger partial charge is 0.0186 e. The van der Waals surface area contributed by atoms with Crippen LogP contribution in [0, 0.1) is 0 Å². The first-order valence-electron chi connectivity index (χ1n) is 13.4. The lowest BCUT2D eigenvalue weighted by Crippen LogP contribution is -2.32. The molecule has 0 N–H and O–H groups in total. The standard InChI is InChI=1S/C35H46/c1-31(2,3)25-15-19-27(20-16-25)33(7,8)23-34(9)24-35(10,30-14-12-11-13-29(30)34)28-21-17-26(18-22-28)32(4,5)6/h11-22H,23-24H2,1-10H3. The molecule has 0 nitrogen and oxygen atoms in total. The van der Waals surface area contributed by atoms with Gasteiger partial charge in [-0.3, -0.25) is 0 Å². The van der Waals surface area contributed by atoms with E-state index in [1.165, 1.54) is 33.4 Å². The Bertz CT molecular complexity index is 1170. The van der Waals surface area contributed by atoms with Gasteiger partial charge in [-0.2, -0.15) is 0 Å². The van der Waals surface area contributed by atoms with E-state index in [9.17, 15) is 0 Å². The molecule has 2 atom stereocenters. The van der Waals surface area contributed by atoms with Gasteiger partial charge in [0, 0.05) is 5.41 Å². The zero-order valence-corrected chi connectivity index (χ0v) is 23.8. The molecule has 0 aromatic heterocycles. The van der Waals surface area contributed by atoms with E-state index in [1.807, 2.05) is 0 Å². The van der Waals surface area contributed by atoms with Gasteiger partial charge in [0.1, 0.15) is 0 Å². The highest BCUT2D eigenvalue weighted by Gasteiger charge is 2.49. The third-order valence-electron chi connectivity index (χ3n) is 8.67. The number of hydrogen-bond donors (Lipinski definition) is 0. The van der Waals surface area contributed by atoms with Crippen molar-refractivity contribution in [2.75, 3.05) is 0 Å². The third kappa shape index (κ3) is 4.74. The third-order valence-corrected chi connectivity index (χ3v) is 8.67. The summed E-state index contributed by atoms with van der Waals surface area (Å²) >= 11 is 0. The molecule has 0 bridgehead atoms. The van der Waals surface area contributed by atoms with Crippen molar-refractivity contribution in [1.29, 1.82) is 0 Å². The van der Waals surface area contributed by atoms with Gasteiger partial charge in [-0.25, -0.2) is 0 Å². The van der Waals surface area contributed by atoms with Crippen molar-refractivity contribution in [3.05, 3.63) is 106 Å². The van der Waals surface area contributed by atoms with Gasteiger partial charge in [-0.1, -0.05) is 142 Å². The van der Waals surface area contributed by atoms with Crippen molar-refractivity contribution in [1.82, 2.24) is 0 Å². The number of hydrogen-bond acceptors (Lipinski definition) is 0. The predicted molar refractivity (Wildman–Crippen MR) is 153 cm³/mol. The van der Waals surface area contributed by atoms with Gasteiger partial charge in [-0.15, -0.1) is 0 Å². The van der Waals surface area contributed by atoms with Crippen LogP contribution in [0.5, 0.6) is 0 Å². The maximum absolute atomic E-state index is 2.51. The maximum Gasteiger partial charge on any atom is 0.0186 e. The monoisotopic (exact) mass is 466 g/mol. The van der Waals surface area contributed by atoms with E-state index in [4.69, 9.17) is 0 Å². The molecule has 0 amide bonds. The molecule has 4 rings (SSSR count). The van der Waals surface area contributed by atoms with Crippen molar-refractivity contribution in [2.45, 2.75) is 109 Å². The van der Waals surface area contributed by atoms with Gasteiger partial charge >= 0.3 is 0 Å². The minimum atomic E-state index is 0.0218. The van der Waals surface area contributed by atoms with Crippen LogP contribution in [0.3, 0.4) is 0 Å². The second-order valence-corrected chi connectivity index (χ2v) is 14.3. The summed E-state index contributed by atoms with van der Waals surface area (Å²) in [7, 11) is 0. The quantitative estimate of drug-likeness (QED) is 0.359. The summed E-state index contributed by atoms with van der Waals surface area (Å²) in [6.07, 6.45) is 2.26. The number of fused-ring (bicyclic) bond motifs is 1. The van der Waals surface area contributed by atoms with Crippen molar-refractivity contribution in [3.8, 4) is 0 Å². The van der Waals surface area contributed by atoms with Crippen LogP contribution in [0.15, 0.2) is 72.8 Å². The highest BCUT2D eigenvalue weighted by molar-refractivity contribution is 5.53. The van der Waals surface area contributed by atoms with Crippen LogP contribution in [0.1, 0.15) is 115 Å². The van der Waals surface area contributed by atoms with Gasteiger partial charge in [0.25, 0.3) is 0 Å². The van der Waals surface area contributed by atoms with E-state index in [0.29, 0.717) is 0 Å². The summed E-state index contributed by atoms with van der Waals surface area (Å²) in [5.41, 5.74) is 9.29. The summed E-state index contributed by atoms with van der Waals surface area (Å²) in [6.45, 7) is 23.6.